The molecule has 0 bridgehead atoms. The van der Waals surface area contributed by atoms with Crippen molar-refractivity contribution in [2.24, 2.45) is 11.3 Å². The van der Waals surface area contributed by atoms with Crippen LogP contribution in [-0.2, 0) is 9.47 Å². The van der Waals surface area contributed by atoms with Crippen LogP contribution in [0.2, 0.25) is 0 Å². The minimum atomic E-state index is 0.0542. The molecule has 0 amide bonds. The van der Waals surface area contributed by atoms with Crippen molar-refractivity contribution in [2.75, 3.05) is 26.3 Å². The minimum Gasteiger partial charge on any atom is -0.352 e. The van der Waals surface area contributed by atoms with Gasteiger partial charge in [0.25, 0.3) is 0 Å². The molecule has 0 aromatic heterocycles. The van der Waals surface area contributed by atoms with Crippen molar-refractivity contribution in [1.29, 1.82) is 0 Å². The molecule has 1 saturated carbocycles. The molecule has 2 fully saturated rings. The lowest BCUT2D eigenvalue weighted by Gasteiger charge is -2.48. The SMILES string of the molecule is CCCCOC(OCCCC)C1CCC2(CC1)CNC2. The molecule has 2 rings (SSSR count). The summed E-state index contributed by atoms with van der Waals surface area (Å²) in [5.41, 5.74) is 0.633. The first-order valence-corrected chi connectivity index (χ1v) is 8.73. The highest BCUT2D eigenvalue weighted by Crippen LogP contribution is 2.43. The molecule has 1 spiro atoms. The molecule has 1 heterocycles. The molecule has 1 saturated heterocycles. The van der Waals surface area contributed by atoms with Crippen LogP contribution in [0.3, 0.4) is 0 Å². The molecule has 3 heteroatoms. The van der Waals surface area contributed by atoms with Gasteiger partial charge in [0.15, 0.2) is 6.29 Å². The third-order valence-electron chi connectivity index (χ3n) is 5.04. The maximum atomic E-state index is 6.05. The Morgan fingerprint density at radius 2 is 1.55 bits per heavy atom. The van der Waals surface area contributed by atoms with Crippen LogP contribution in [-0.4, -0.2) is 32.6 Å². The Labute approximate surface area is 124 Å². The molecule has 20 heavy (non-hydrogen) atoms. The van der Waals surface area contributed by atoms with E-state index in [4.69, 9.17) is 9.47 Å². The molecule has 0 atom stereocenters. The fourth-order valence-corrected chi connectivity index (χ4v) is 3.36. The Balaban J connectivity index is 1.75. The van der Waals surface area contributed by atoms with Crippen molar-refractivity contribution in [3.63, 3.8) is 0 Å². The van der Waals surface area contributed by atoms with Crippen molar-refractivity contribution in [3.05, 3.63) is 0 Å². The fraction of sp³-hybridized carbons (Fsp3) is 1.00. The van der Waals surface area contributed by atoms with E-state index in [9.17, 15) is 0 Å². The molecule has 1 aliphatic carbocycles. The van der Waals surface area contributed by atoms with Gasteiger partial charge in [-0.3, -0.25) is 0 Å². The van der Waals surface area contributed by atoms with Crippen molar-refractivity contribution < 1.29 is 9.47 Å². The van der Waals surface area contributed by atoms with Crippen LogP contribution < -0.4 is 5.32 Å². The van der Waals surface area contributed by atoms with Crippen LogP contribution >= 0.6 is 0 Å². The molecule has 118 valence electrons. The third-order valence-corrected chi connectivity index (χ3v) is 5.04. The van der Waals surface area contributed by atoms with Crippen molar-refractivity contribution in [3.8, 4) is 0 Å². The van der Waals surface area contributed by atoms with Crippen LogP contribution in [0.25, 0.3) is 0 Å². The Hall–Kier alpha value is -0.120. The van der Waals surface area contributed by atoms with Gasteiger partial charge < -0.3 is 14.8 Å². The van der Waals surface area contributed by atoms with E-state index < -0.39 is 0 Å². The van der Waals surface area contributed by atoms with E-state index in [0.29, 0.717) is 11.3 Å². The number of ether oxygens (including phenoxy) is 2. The Morgan fingerprint density at radius 1 is 1.00 bits per heavy atom. The highest BCUT2D eigenvalue weighted by Gasteiger charge is 2.42. The number of nitrogens with one attached hydrogen (secondary N) is 1. The van der Waals surface area contributed by atoms with E-state index in [1.54, 1.807) is 0 Å². The lowest BCUT2D eigenvalue weighted by Crippen LogP contribution is -2.55. The Kier molecular flexibility index (Phi) is 6.79. The first kappa shape index (κ1) is 16.3. The lowest BCUT2D eigenvalue weighted by molar-refractivity contribution is -0.184. The van der Waals surface area contributed by atoms with Crippen molar-refractivity contribution in [1.82, 2.24) is 5.32 Å². The van der Waals surface area contributed by atoms with Crippen molar-refractivity contribution >= 4 is 0 Å². The number of hydrogen-bond acceptors (Lipinski definition) is 3. The van der Waals surface area contributed by atoms with Gasteiger partial charge in [-0.05, 0) is 43.9 Å². The highest BCUT2D eigenvalue weighted by molar-refractivity contribution is 4.96. The molecule has 2 aliphatic rings. The summed E-state index contributed by atoms with van der Waals surface area (Å²) < 4.78 is 12.1. The second-order valence-corrected chi connectivity index (χ2v) is 6.76. The van der Waals surface area contributed by atoms with E-state index in [2.05, 4.69) is 19.2 Å². The normalized spacial score (nSPS) is 22.4. The minimum absolute atomic E-state index is 0.0542. The molecule has 0 aromatic rings. The van der Waals surface area contributed by atoms with Crippen LogP contribution in [0.15, 0.2) is 0 Å². The molecular formula is C17H33NO2. The average molecular weight is 283 g/mol. The van der Waals surface area contributed by atoms with Crippen LogP contribution in [0, 0.1) is 11.3 Å². The van der Waals surface area contributed by atoms with Gasteiger partial charge in [-0.2, -0.15) is 0 Å². The van der Waals surface area contributed by atoms with E-state index in [1.807, 2.05) is 0 Å². The molecule has 0 aromatic carbocycles. The van der Waals surface area contributed by atoms with Crippen molar-refractivity contribution in [2.45, 2.75) is 71.5 Å². The smallest absolute Gasteiger partial charge is 0.160 e. The van der Waals surface area contributed by atoms with Gasteiger partial charge in [0.2, 0.25) is 0 Å². The van der Waals surface area contributed by atoms with Gasteiger partial charge in [-0.25, -0.2) is 0 Å². The summed E-state index contributed by atoms with van der Waals surface area (Å²) in [4.78, 5) is 0. The van der Waals surface area contributed by atoms with E-state index in [1.165, 1.54) is 51.6 Å². The first-order chi connectivity index (χ1) is 9.79. The largest absolute Gasteiger partial charge is 0.352 e. The second kappa shape index (κ2) is 8.35. The predicted molar refractivity (Wildman–Crippen MR) is 82.8 cm³/mol. The zero-order valence-electron chi connectivity index (χ0n) is 13.5. The Morgan fingerprint density at radius 3 is 1.95 bits per heavy atom. The summed E-state index contributed by atoms with van der Waals surface area (Å²) >= 11 is 0. The third kappa shape index (κ3) is 4.44. The summed E-state index contributed by atoms with van der Waals surface area (Å²) in [5.74, 6) is 0.620. The van der Waals surface area contributed by atoms with Gasteiger partial charge in [0.1, 0.15) is 0 Å². The fourth-order valence-electron chi connectivity index (χ4n) is 3.36. The molecule has 3 nitrogen and oxygen atoms in total. The molecule has 1 aliphatic heterocycles. The topological polar surface area (TPSA) is 30.5 Å². The maximum Gasteiger partial charge on any atom is 0.160 e. The predicted octanol–water partition coefficient (Wildman–Crippen LogP) is 3.73. The number of hydrogen-bond donors (Lipinski definition) is 1. The standard InChI is InChI=1S/C17H33NO2/c1-3-5-11-19-16(20-12-6-4-2)15-7-9-17(10-8-15)13-18-14-17/h15-16,18H,3-14H2,1-2H3. The average Bonchev–Trinajstić information content (AvgIpc) is 2.45. The zero-order valence-corrected chi connectivity index (χ0v) is 13.5. The second-order valence-electron chi connectivity index (χ2n) is 6.76. The van der Waals surface area contributed by atoms with Gasteiger partial charge in [0.05, 0.1) is 0 Å². The summed E-state index contributed by atoms with van der Waals surface area (Å²) in [6.07, 6.45) is 10.0. The molecular weight excluding hydrogens is 250 g/mol. The van der Waals surface area contributed by atoms with E-state index in [-0.39, 0.29) is 6.29 Å². The van der Waals surface area contributed by atoms with Gasteiger partial charge in [-0.1, -0.05) is 26.7 Å². The maximum absolute atomic E-state index is 6.05. The summed E-state index contributed by atoms with van der Waals surface area (Å²) in [5, 5.41) is 3.44. The highest BCUT2D eigenvalue weighted by atomic mass is 16.7. The molecule has 0 radical (unpaired) electrons. The summed E-state index contributed by atoms with van der Waals surface area (Å²) in [6.45, 7) is 8.61. The Bertz CT molecular complexity index is 246. The molecule has 1 N–H and O–H groups in total. The quantitative estimate of drug-likeness (QED) is 0.517. The summed E-state index contributed by atoms with van der Waals surface area (Å²) in [7, 11) is 0. The van der Waals surface area contributed by atoms with Gasteiger partial charge in [0, 0.05) is 32.2 Å². The van der Waals surface area contributed by atoms with Crippen LogP contribution in [0.5, 0.6) is 0 Å². The lowest BCUT2D eigenvalue weighted by atomic mass is 9.67. The molecule has 0 unspecified atom stereocenters. The van der Waals surface area contributed by atoms with E-state index >= 15 is 0 Å². The monoisotopic (exact) mass is 283 g/mol. The van der Waals surface area contributed by atoms with Crippen LogP contribution in [0.4, 0.5) is 0 Å². The van der Waals surface area contributed by atoms with Gasteiger partial charge >= 0.3 is 0 Å². The zero-order chi connectivity index (χ0) is 14.3. The van der Waals surface area contributed by atoms with Crippen LogP contribution in [0.1, 0.15) is 65.2 Å². The van der Waals surface area contributed by atoms with Gasteiger partial charge in [-0.15, -0.1) is 0 Å². The first-order valence-electron chi connectivity index (χ1n) is 8.73. The number of unbranched alkanes of at least 4 members (excludes halogenated alkanes) is 2. The summed E-state index contributed by atoms with van der Waals surface area (Å²) in [6, 6.07) is 0. The number of rotatable bonds is 9. The van der Waals surface area contributed by atoms with E-state index in [0.717, 1.165) is 26.1 Å².